The van der Waals surface area contributed by atoms with Gasteiger partial charge in [0.2, 0.25) is 10.6 Å². The molecule has 0 atom stereocenters. The van der Waals surface area contributed by atoms with Crippen LogP contribution in [0.5, 0.6) is 0 Å². The van der Waals surface area contributed by atoms with Gasteiger partial charge in [0, 0.05) is 11.1 Å². The lowest BCUT2D eigenvalue weighted by Crippen LogP contribution is -1.96. The number of hydrogen-bond donors (Lipinski definition) is 2. The summed E-state index contributed by atoms with van der Waals surface area (Å²) in [5, 5.41) is 18.4. The van der Waals surface area contributed by atoms with Gasteiger partial charge in [-0.3, -0.25) is 5.10 Å². The predicted molar refractivity (Wildman–Crippen MR) is 99.8 cm³/mol. The van der Waals surface area contributed by atoms with Gasteiger partial charge < -0.3 is 0 Å². The summed E-state index contributed by atoms with van der Waals surface area (Å²) in [5.74, 6) is 0.0954. The molecule has 2 heterocycles. The number of H-pyrrole nitrogens is 2. The fourth-order valence-corrected chi connectivity index (χ4v) is 2.65. The monoisotopic (exact) mass is 364 g/mol. The van der Waals surface area contributed by atoms with E-state index in [1.54, 1.807) is 18.2 Å². The minimum atomic E-state index is -0.360. The minimum absolute atomic E-state index is 0.295. The van der Waals surface area contributed by atoms with E-state index in [-0.39, 0.29) is 5.82 Å². The molecule has 0 saturated heterocycles. The van der Waals surface area contributed by atoms with E-state index in [9.17, 15) is 4.39 Å². The van der Waals surface area contributed by atoms with Gasteiger partial charge in [0.15, 0.2) is 0 Å². The van der Waals surface area contributed by atoms with Crippen LogP contribution in [0.1, 0.15) is 5.56 Å². The molecule has 0 bridgehead atoms. The fourth-order valence-electron chi connectivity index (χ4n) is 2.47. The second-order valence-corrected chi connectivity index (χ2v) is 5.85. The quantitative estimate of drug-likeness (QED) is 0.424. The molecular formula is C18H13FN6S. The summed E-state index contributed by atoms with van der Waals surface area (Å²) in [6.45, 7) is 0. The zero-order chi connectivity index (χ0) is 17.9. The molecule has 2 aromatic carbocycles. The Morgan fingerprint density at radius 2 is 1.77 bits per heavy atom. The van der Waals surface area contributed by atoms with Gasteiger partial charge >= 0.3 is 0 Å². The molecule has 4 aromatic rings. The molecular weight excluding hydrogens is 351 g/mol. The molecule has 2 N–H and O–H groups in total. The lowest BCUT2D eigenvalue weighted by molar-refractivity contribution is 0.625. The summed E-state index contributed by atoms with van der Waals surface area (Å²) in [7, 11) is 0. The van der Waals surface area contributed by atoms with Crippen LogP contribution in [0, 0.1) is 10.6 Å². The Bertz CT molecular complexity index is 1130. The molecule has 0 amide bonds. The van der Waals surface area contributed by atoms with Crippen LogP contribution in [-0.2, 0) is 0 Å². The number of nitrogens with one attached hydrogen (secondary N) is 2. The summed E-state index contributed by atoms with van der Waals surface area (Å²) in [5.41, 5.74) is 2.75. The Kier molecular flexibility index (Phi) is 4.24. The average molecular weight is 364 g/mol. The lowest BCUT2D eigenvalue weighted by Gasteiger charge is -1.98. The number of benzene rings is 2. The fraction of sp³-hybridized carbons (Fsp3) is 0. The van der Waals surface area contributed by atoms with Gasteiger partial charge in [0.05, 0.1) is 11.9 Å². The zero-order valence-electron chi connectivity index (χ0n) is 13.4. The highest BCUT2D eigenvalue weighted by molar-refractivity contribution is 7.71. The maximum absolute atomic E-state index is 13.8. The highest BCUT2D eigenvalue weighted by Gasteiger charge is 2.12. The molecule has 6 nitrogen and oxygen atoms in total. The maximum Gasteiger partial charge on any atom is 0.216 e. The molecule has 4 rings (SSSR count). The van der Waals surface area contributed by atoms with Crippen molar-refractivity contribution in [2.24, 2.45) is 5.10 Å². The summed E-state index contributed by atoms with van der Waals surface area (Å²) in [6.07, 6.45) is 1.40. The van der Waals surface area contributed by atoms with Crippen molar-refractivity contribution in [3.8, 4) is 22.8 Å². The van der Waals surface area contributed by atoms with Gasteiger partial charge in [-0.25, -0.2) is 9.49 Å². The SMILES string of the molecule is Fc1ccccc1/C=N/n1c(-c2cc(-c3ccccc3)n[nH]2)n[nH]c1=S. The summed E-state index contributed by atoms with van der Waals surface area (Å²) in [6, 6.07) is 18.0. The van der Waals surface area contributed by atoms with Crippen molar-refractivity contribution < 1.29 is 4.39 Å². The van der Waals surface area contributed by atoms with Crippen LogP contribution in [0.2, 0.25) is 0 Å². The first-order chi connectivity index (χ1) is 12.7. The topological polar surface area (TPSA) is 74.7 Å². The van der Waals surface area contributed by atoms with E-state index < -0.39 is 0 Å². The van der Waals surface area contributed by atoms with E-state index in [0.29, 0.717) is 21.9 Å². The van der Waals surface area contributed by atoms with E-state index >= 15 is 0 Å². The molecule has 0 aliphatic rings. The molecule has 8 heteroatoms. The van der Waals surface area contributed by atoms with Gasteiger partial charge in [0.1, 0.15) is 11.5 Å². The standard InChI is InChI=1S/C18H13FN6S/c19-14-9-5-4-8-13(14)11-20-25-17(23-24-18(25)26)16-10-15(21-22-16)12-6-2-1-3-7-12/h1-11H,(H,21,22)(H,24,26)/b20-11+. The molecule has 0 radical (unpaired) electrons. The van der Waals surface area contributed by atoms with Crippen molar-refractivity contribution in [1.82, 2.24) is 25.1 Å². The molecule has 2 aromatic heterocycles. The normalized spacial score (nSPS) is 11.3. The molecule has 0 aliphatic heterocycles. The molecule has 0 fully saturated rings. The van der Waals surface area contributed by atoms with E-state index in [1.807, 2.05) is 36.4 Å². The smallest absolute Gasteiger partial charge is 0.216 e. The Hall–Kier alpha value is -3.39. The van der Waals surface area contributed by atoms with E-state index in [0.717, 1.165) is 11.3 Å². The van der Waals surface area contributed by atoms with Crippen LogP contribution in [0.15, 0.2) is 65.8 Å². The Morgan fingerprint density at radius 3 is 2.58 bits per heavy atom. The van der Waals surface area contributed by atoms with Crippen LogP contribution >= 0.6 is 12.2 Å². The third-order valence-corrected chi connectivity index (χ3v) is 4.02. The second-order valence-electron chi connectivity index (χ2n) is 5.46. The van der Waals surface area contributed by atoms with E-state index in [4.69, 9.17) is 12.2 Å². The Balaban J connectivity index is 1.70. The van der Waals surface area contributed by atoms with Crippen LogP contribution in [-0.4, -0.2) is 31.3 Å². The van der Waals surface area contributed by atoms with Gasteiger partial charge in [-0.05, 0) is 24.4 Å². The Labute approximate surface area is 153 Å². The first-order valence-corrected chi connectivity index (χ1v) is 8.21. The van der Waals surface area contributed by atoms with Crippen molar-refractivity contribution >= 4 is 18.4 Å². The van der Waals surface area contributed by atoms with Crippen molar-refractivity contribution in [3.63, 3.8) is 0 Å². The summed E-state index contributed by atoms with van der Waals surface area (Å²) in [4.78, 5) is 0. The van der Waals surface area contributed by atoms with E-state index in [1.165, 1.54) is 17.0 Å². The van der Waals surface area contributed by atoms with Crippen molar-refractivity contribution in [3.05, 3.63) is 76.8 Å². The first kappa shape index (κ1) is 16.1. The highest BCUT2D eigenvalue weighted by Crippen LogP contribution is 2.22. The number of aromatic amines is 2. The Morgan fingerprint density at radius 1 is 1.00 bits per heavy atom. The number of halogens is 1. The average Bonchev–Trinajstić information content (AvgIpc) is 3.29. The number of aromatic nitrogens is 5. The molecule has 0 spiro atoms. The number of rotatable bonds is 4. The lowest BCUT2D eigenvalue weighted by atomic mass is 10.1. The third-order valence-electron chi connectivity index (χ3n) is 3.76. The van der Waals surface area contributed by atoms with Crippen LogP contribution < -0.4 is 0 Å². The first-order valence-electron chi connectivity index (χ1n) is 7.80. The van der Waals surface area contributed by atoms with Gasteiger partial charge in [-0.15, -0.1) is 0 Å². The maximum atomic E-state index is 13.8. The summed E-state index contributed by atoms with van der Waals surface area (Å²) < 4.78 is 15.5. The largest absolute Gasteiger partial charge is 0.274 e. The van der Waals surface area contributed by atoms with Gasteiger partial charge in [-0.2, -0.15) is 20.0 Å². The predicted octanol–water partition coefficient (Wildman–Crippen LogP) is 4.02. The second kappa shape index (κ2) is 6.85. The molecule has 0 aliphatic carbocycles. The van der Waals surface area contributed by atoms with Crippen LogP contribution in [0.3, 0.4) is 0 Å². The van der Waals surface area contributed by atoms with E-state index in [2.05, 4.69) is 25.5 Å². The van der Waals surface area contributed by atoms with Crippen molar-refractivity contribution in [1.29, 1.82) is 0 Å². The van der Waals surface area contributed by atoms with Crippen LogP contribution in [0.25, 0.3) is 22.8 Å². The number of nitrogens with zero attached hydrogens (tertiary/aromatic N) is 4. The van der Waals surface area contributed by atoms with Gasteiger partial charge in [-0.1, -0.05) is 48.5 Å². The minimum Gasteiger partial charge on any atom is -0.274 e. The number of hydrogen-bond acceptors (Lipinski definition) is 4. The third kappa shape index (κ3) is 3.09. The summed E-state index contributed by atoms with van der Waals surface area (Å²) >= 11 is 5.22. The molecule has 0 saturated carbocycles. The molecule has 0 unspecified atom stereocenters. The van der Waals surface area contributed by atoms with Crippen molar-refractivity contribution in [2.75, 3.05) is 0 Å². The molecule has 128 valence electrons. The highest BCUT2D eigenvalue weighted by atomic mass is 32.1. The molecule has 26 heavy (non-hydrogen) atoms. The van der Waals surface area contributed by atoms with Crippen molar-refractivity contribution in [2.45, 2.75) is 0 Å². The van der Waals surface area contributed by atoms with Gasteiger partial charge in [0.25, 0.3) is 0 Å². The van der Waals surface area contributed by atoms with Crippen LogP contribution in [0.4, 0.5) is 4.39 Å². The zero-order valence-corrected chi connectivity index (χ0v) is 14.2.